The van der Waals surface area contributed by atoms with E-state index in [1.807, 2.05) is 13.0 Å². The highest BCUT2D eigenvalue weighted by atomic mass is 16.5. The zero-order valence-electron chi connectivity index (χ0n) is 8.43. The van der Waals surface area contributed by atoms with Gasteiger partial charge in [-0.05, 0) is 30.7 Å². The molecule has 15 heavy (non-hydrogen) atoms. The fraction of sp³-hybridized carbons (Fsp3) is 0.273. The minimum Gasteiger partial charge on any atom is -0.476 e. The molecule has 0 radical (unpaired) electrons. The molecule has 0 bridgehead atoms. The Hall–Kier alpha value is -2.02. The summed E-state index contributed by atoms with van der Waals surface area (Å²) in [6.07, 6.45) is 0.165. The van der Waals surface area contributed by atoms with Gasteiger partial charge in [0.2, 0.25) is 5.91 Å². The molecule has 0 fully saturated rings. The molecule has 1 amide bonds. The molecule has 78 valence electrons. The van der Waals surface area contributed by atoms with Gasteiger partial charge in [0, 0.05) is 5.56 Å². The number of nitriles is 1. The van der Waals surface area contributed by atoms with E-state index in [0.717, 1.165) is 0 Å². The van der Waals surface area contributed by atoms with Gasteiger partial charge in [0.05, 0.1) is 0 Å². The quantitative estimate of drug-likeness (QED) is 0.806. The molecule has 4 heteroatoms. The van der Waals surface area contributed by atoms with Crippen LogP contribution in [0.25, 0.3) is 0 Å². The molecule has 0 aromatic heterocycles. The molecular weight excluding hydrogens is 192 g/mol. The second kappa shape index (κ2) is 5.01. The highest BCUT2D eigenvalue weighted by Crippen LogP contribution is 2.14. The van der Waals surface area contributed by atoms with E-state index in [2.05, 4.69) is 0 Å². The van der Waals surface area contributed by atoms with Gasteiger partial charge in [-0.2, -0.15) is 5.26 Å². The SMILES string of the molecule is CCC(C#N)Oc1ccc(C(N)=O)cc1. The summed E-state index contributed by atoms with van der Waals surface area (Å²) >= 11 is 0. The lowest BCUT2D eigenvalue weighted by atomic mass is 10.2. The van der Waals surface area contributed by atoms with Crippen molar-refractivity contribution in [2.75, 3.05) is 0 Å². The molecule has 4 nitrogen and oxygen atoms in total. The summed E-state index contributed by atoms with van der Waals surface area (Å²) in [7, 11) is 0. The molecular formula is C11H12N2O2. The first-order valence-corrected chi connectivity index (χ1v) is 4.63. The first kappa shape index (κ1) is 11.1. The van der Waals surface area contributed by atoms with E-state index in [1.54, 1.807) is 24.3 Å². The third-order valence-electron chi connectivity index (χ3n) is 1.93. The Balaban J connectivity index is 2.73. The van der Waals surface area contributed by atoms with Crippen LogP contribution < -0.4 is 10.5 Å². The second-order valence-electron chi connectivity index (χ2n) is 3.03. The minimum absolute atomic E-state index is 0.423. The highest BCUT2D eigenvalue weighted by molar-refractivity contribution is 5.92. The number of hydrogen-bond donors (Lipinski definition) is 1. The van der Waals surface area contributed by atoms with Gasteiger partial charge >= 0.3 is 0 Å². The van der Waals surface area contributed by atoms with E-state index >= 15 is 0 Å². The molecule has 0 aliphatic heterocycles. The van der Waals surface area contributed by atoms with E-state index in [-0.39, 0.29) is 0 Å². The van der Waals surface area contributed by atoms with Gasteiger partial charge in [-0.3, -0.25) is 4.79 Å². The lowest BCUT2D eigenvalue weighted by Gasteiger charge is -2.09. The van der Waals surface area contributed by atoms with Crippen molar-refractivity contribution in [1.29, 1.82) is 5.26 Å². The maximum absolute atomic E-state index is 10.8. The fourth-order valence-electron chi connectivity index (χ4n) is 1.06. The van der Waals surface area contributed by atoms with Gasteiger partial charge in [0.1, 0.15) is 11.8 Å². The van der Waals surface area contributed by atoms with Crippen molar-refractivity contribution in [3.8, 4) is 11.8 Å². The van der Waals surface area contributed by atoms with Crippen LogP contribution in [0.15, 0.2) is 24.3 Å². The largest absolute Gasteiger partial charge is 0.476 e. The summed E-state index contributed by atoms with van der Waals surface area (Å²) in [6, 6.07) is 8.42. The van der Waals surface area contributed by atoms with Crippen LogP contribution in [-0.2, 0) is 0 Å². The van der Waals surface area contributed by atoms with Crippen LogP contribution in [0, 0.1) is 11.3 Å². The molecule has 2 N–H and O–H groups in total. The van der Waals surface area contributed by atoms with Crippen LogP contribution in [0.3, 0.4) is 0 Å². The Labute approximate surface area is 88.3 Å². The lowest BCUT2D eigenvalue weighted by Crippen LogP contribution is -2.13. The second-order valence-corrected chi connectivity index (χ2v) is 3.03. The van der Waals surface area contributed by atoms with Gasteiger partial charge < -0.3 is 10.5 Å². The molecule has 1 aromatic rings. The number of nitrogens with zero attached hydrogens (tertiary/aromatic N) is 1. The number of nitrogens with two attached hydrogens (primary N) is 1. The summed E-state index contributed by atoms with van der Waals surface area (Å²) in [4.78, 5) is 10.8. The molecule has 1 aromatic carbocycles. The molecule has 0 aliphatic carbocycles. The molecule has 0 heterocycles. The standard InChI is InChI=1S/C11H12N2O2/c1-2-9(7-12)15-10-5-3-8(4-6-10)11(13)14/h3-6,9H,2H2,1H3,(H2,13,14). The number of benzene rings is 1. The van der Waals surface area contributed by atoms with Gasteiger partial charge in [-0.15, -0.1) is 0 Å². The lowest BCUT2D eigenvalue weighted by molar-refractivity contribution is 0.100. The first-order valence-electron chi connectivity index (χ1n) is 4.63. The Morgan fingerprint density at radius 2 is 2.13 bits per heavy atom. The highest BCUT2D eigenvalue weighted by Gasteiger charge is 2.06. The molecule has 0 saturated heterocycles. The number of hydrogen-bond acceptors (Lipinski definition) is 3. The predicted molar refractivity (Wildman–Crippen MR) is 55.3 cm³/mol. The van der Waals surface area contributed by atoms with Crippen molar-refractivity contribution in [2.24, 2.45) is 5.73 Å². The number of amides is 1. The Morgan fingerprint density at radius 1 is 1.53 bits per heavy atom. The minimum atomic E-state index is -0.478. The average molecular weight is 204 g/mol. The van der Waals surface area contributed by atoms with Crippen LogP contribution in [0.2, 0.25) is 0 Å². The van der Waals surface area contributed by atoms with Crippen molar-refractivity contribution in [2.45, 2.75) is 19.4 Å². The molecule has 0 spiro atoms. The Kier molecular flexibility index (Phi) is 3.69. The van der Waals surface area contributed by atoms with Crippen molar-refractivity contribution in [3.05, 3.63) is 29.8 Å². The monoisotopic (exact) mass is 204 g/mol. The maximum atomic E-state index is 10.8. The summed E-state index contributed by atoms with van der Waals surface area (Å²) in [5.74, 6) is 0.0854. The average Bonchev–Trinajstić information content (AvgIpc) is 2.26. The molecule has 1 rings (SSSR count). The Bertz CT molecular complexity index is 379. The molecule has 1 unspecified atom stereocenters. The van der Waals surface area contributed by atoms with Crippen LogP contribution in [-0.4, -0.2) is 12.0 Å². The number of primary amides is 1. The summed E-state index contributed by atoms with van der Waals surface area (Å²) in [5, 5.41) is 8.68. The number of ether oxygens (including phenoxy) is 1. The smallest absolute Gasteiger partial charge is 0.248 e. The molecule has 0 aliphatic rings. The van der Waals surface area contributed by atoms with Crippen molar-refractivity contribution >= 4 is 5.91 Å². The third kappa shape index (κ3) is 2.99. The van der Waals surface area contributed by atoms with Gasteiger partial charge in [-0.1, -0.05) is 6.92 Å². The Morgan fingerprint density at radius 3 is 2.53 bits per heavy atom. The summed E-state index contributed by atoms with van der Waals surface area (Å²) in [6.45, 7) is 1.87. The van der Waals surface area contributed by atoms with Crippen LogP contribution >= 0.6 is 0 Å². The maximum Gasteiger partial charge on any atom is 0.248 e. The van der Waals surface area contributed by atoms with E-state index in [0.29, 0.717) is 17.7 Å². The van der Waals surface area contributed by atoms with Crippen LogP contribution in [0.4, 0.5) is 0 Å². The zero-order chi connectivity index (χ0) is 11.3. The van der Waals surface area contributed by atoms with Crippen molar-refractivity contribution < 1.29 is 9.53 Å². The van der Waals surface area contributed by atoms with Crippen LogP contribution in [0.5, 0.6) is 5.75 Å². The van der Waals surface area contributed by atoms with Gasteiger partial charge in [0.15, 0.2) is 6.10 Å². The normalized spacial score (nSPS) is 11.5. The van der Waals surface area contributed by atoms with E-state index < -0.39 is 12.0 Å². The van der Waals surface area contributed by atoms with E-state index in [4.69, 9.17) is 15.7 Å². The molecule has 0 saturated carbocycles. The number of rotatable bonds is 4. The number of carbonyl (C=O) groups is 1. The first-order chi connectivity index (χ1) is 7.17. The zero-order valence-corrected chi connectivity index (χ0v) is 8.43. The third-order valence-corrected chi connectivity index (χ3v) is 1.93. The van der Waals surface area contributed by atoms with E-state index in [1.165, 1.54) is 0 Å². The van der Waals surface area contributed by atoms with E-state index in [9.17, 15) is 4.79 Å². The van der Waals surface area contributed by atoms with Gasteiger partial charge in [0.25, 0.3) is 0 Å². The van der Waals surface area contributed by atoms with Crippen molar-refractivity contribution in [3.63, 3.8) is 0 Å². The summed E-state index contributed by atoms with van der Waals surface area (Å²) in [5.41, 5.74) is 5.51. The van der Waals surface area contributed by atoms with Crippen molar-refractivity contribution in [1.82, 2.24) is 0 Å². The fourth-order valence-corrected chi connectivity index (χ4v) is 1.06. The van der Waals surface area contributed by atoms with Crippen LogP contribution in [0.1, 0.15) is 23.7 Å². The summed E-state index contributed by atoms with van der Waals surface area (Å²) < 4.78 is 5.33. The number of carbonyl (C=O) groups excluding carboxylic acids is 1. The van der Waals surface area contributed by atoms with Gasteiger partial charge in [-0.25, -0.2) is 0 Å². The predicted octanol–water partition coefficient (Wildman–Crippen LogP) is 1.47. The molecule has 1 atom stereocenters. The topological polar surface area (TPSA) is 76.1 Å².